The molecule has 2 rings (SSSR count). The lowest BCUT2D eigenvalue weighted by molar-refractivity contribution is -0.131. The van der Waals surface area contributed by atoms with Gasteiger partial charge in [0.2, 0.25) is 5.91 Å². The molecule has 0 saturated carbocycles. The van der Waals surface area contributed by atoms with Gasteiger partial charge in [-0.2, -0.15) is 0 Å². The highest BCUT2D eigenvalue weighted by molar-refractivity contribution is 6.05. The van der Waals surface area contributed by atoms with E-state index in [0.29, 0.717) is 18.5 Å². The molecule has 1 fully saturated rings. The SMILES string of the molecule is COC1CC([C@H](OC)[C@@H](C)C(=O)N[C@H](C)C(=NO)c2ccc(F)cc2)N(C(=O)OC(C)(C)C)C1. The molecule has 9 nitrogen and oxygen atoms in total. The molecule has 2 amide bonds. The number of nitrogens with one attached hydrogen (secondary N) is 1. The van der Waals surface area contributed by atoms with E-state index in [1.807, 2.05) is 0 Å². The van der Waals surface area contributed by atoms with Gasteiger partial charge in [-0.3, -0.25) is 9.69 Å². The number of methoxy groups -OCH3 is 2. The number of likely N-dealkylation sites (tertiary alicyclic amines) is 1. The van der Waals surface area contributed by atoms with E-state index in [2.05, 4.69) is 10.5 Å². The van der Waals surface area contributed by atoms with Crippen molar-refractivity contribution in [2.24, 2.45) is 11.1 Å². The number of hydrogen-bond donors (Lipinski definition) is 2. The number of benzene rings is 1. The summed E-state index contributed by atoms with van der Waals surface area (Å²) in [4.78, 5) is 27.5. The Morgan fingerprint density at radius 3 is 2.32 bits per heavy atom. The van der Waals surface area contributed by atoms with Crippen molar-refractivity contribution in [1.29, 1.82) is 0 Å². The predicted molar refractivity (Wildman–Crippen MR) is 124 cm³/mol. The molecule has 1 aliphatic rings. The Bertz CT molecular complexity index is 870. The first-order valence-corrected chi connectivity index (χ1v) is 11.2. The minimum Gasteiger partial charge on any atom is -0.444 e. The van der Waals surface area contributed by atoms with Gasteiger partial charge in [0.1, 0.15) is 17.1 Å². The van der Waals surface area contributed by atoms with Gasteiger partial charge >= 0.3 is 6.09 Å². The van der Waals surface area contributed by atoms with Gasteiger partial charge in [0, 0.05) is 19.8 Å². The van der Waals surface area contributed by atoms with Crippen LogP contribution in [-0.4, -0.2) is 78.5 Å². The van der Waals surface area contributed by atoms with E-state index in [1.54, 1.807) is 46.6 Å². The third-order valence-electron chi connectivity index (χ3n) is 5.84. The second-order valence-corrected chi connectivity index (χ2v) is 9.50. The van der Waals surface area contributed by atoms with Crippen molar-refractivity contribution in [2.45, 2.75) is 70.9 Å². The number of nitrogens with zero attached hydrogens (tertiary/aromatic N) is 2. The molecule has 1 aliphatic heterocycles. The number of oxime groups is 1. The predicted octanol–water partition coefficient (Wildman–Crippen LogP) is 3.18. The molecule has 34 heavy (non-hydrogen) atoms. The molecule has 0 spiro atoms. The summed E-state index contributed by atoms with van der Waals surface area (Å²) in [6.45, 7) is 9.06. The van der Waals surface area contributed by atoms with E-state index in [4.69, 9.17) is 14.2 Å². The topological polar surface area (TPSA) is 110 Å². The first-order valence-electron chi connectivity index (χ1n) is 11.2. The van der Waals surface area contributed by atoms with Crippen LogP contribution in [-0.2, 0) is 19.0 Å². The molecule has 2 unspecified atom stereocenters. The number of rotatable bonds is 8. The Kier molecular flexibility index (Phi) is 9.40. The van der Waals surface area contributed by atoms with Crippen LogP contribution in [0, 0.1) is 11.7 Å². The van der Waals surface area contributed by atoms with Crippen molar-refractivity contribution < 1.29 is 33.4 Å². The molecule has 190 valence electrons. The fourth-order valence-electron chi connectivity index (χ4n) is 4.11. The van der Waals surface area contributed by atoms with E-state index < -0.39 is 41.6 Å². The average Bonchev–Trinajstić information content (AvgIpc) is 3.19. The zero-order valence-corrected chi connectivity index (χ0v) is 20.9. The van der Waals surface area contributed by atoms with Crippen LogP contribution < -0.4 is 5.32 Å². The maximum Gasteiger partial charge on any atom is 0.410 e. The Hall–Kier alpha value is -2.72. The van der Waals surface area contributed by atoms with Crippen molar-refractivity contribution in [3.8, 4) is 0 Å². The molecule has 1 aromatic rings. The molecule has 1 aromatic carbocycles. The summed E-state index contributed by atoms with van der Waals surface area (Å²) in [6.07, 6.45) is -0.859. The molecule has 1 saturated heterocycles. The zero-order valence-electron chi connectivity index (χ0n) is 20.9. The highest BCUT2D eigenvalue weighted by Crippen LogP contribution is 2.29. The number of amides is 2. The van der Waals surface area contributed by atoms with Gasteiger partial charge < -0.3 is 24.7 Å². The van der Waals surface area contributed by atoms with E-state index >= 15 is 0 Å². The van der Waals surface area contributed by atoms with Crippen molar-refractivity contribution in [2.75, 3.05) is 20.8 Å². The second kappa shape index (κ2) is 11.6. The molecule has 0 bridgehead atoms. The van der Waals surface area contributed by atoms with Crippen LogP contribution in [0.5, 0.6) is 0 Å². The van der Waals surface area contributed by atoms with Gasteiger partial charge in [0.25, 0.3) is 0 Å². The molecule has 1 heterocycles. The van der Waals surface area contributed by atoms with E-state index in [0.717, 1.165) is 0 Å². The van der Waals surface area contributed by atoms with Crippen LogP contribution in [0.15, 0.2) is 29.4 Å². The Morgan fingerprint density at radius 2 is 1.82 bits per heavy atom. The van der Waals surface area contributed by atoms with Crippen LogP contribution in [0.2, 0.25) is 0 Å². The van der Waals surface area contributed by atoms with Gasteiger partial charge in [-0.05, 0) is 46.2 Å². The fourth-order valence-corrected chi connectivity index (χ4v) is 4.11. The summed E-state index contributed by atoms with van der Waals surface area (Å²) in [5, 5.41) is 15.6. The molecule has 10 heteroatoms. The number of hydrogen-bond acceptors (Lipinski definition) is 7. The molecule has 2 N–H and O–H groups in total. The Labute approximate surface area is 200 Å². The normalized spacial score (nSPS) is 21.6. The van der Waals surface area contributed by atoms with Gasteiger partial charge in [0.05, 0.1) is 36.8 Å². The summed E-state index contributed by atoms with van der Waals surface area (Å²) >= 11 is 0. The Morgan fingerprint density at radius 1 is 1.21 bits per heavy atom. The lowest BCUT2D eigenvalue weighted by atomic mass is 9.94. The third kappa shape index (κ3) is 6.89. The molecule has 0 aromatic heterocycles. The van der Waals surface area contributed by atoms with Gasteiger partial charge in [0.15, 0.2) is 0 Å². The monoisotopic (exact) mass is 481 g/mol. The maximum absolute atomic E-state index is 13.2. The average molecular weight is 482 g/mol. The zero-order chi connectivity index (χ0) is 25.6. The first-order chi connectivity index (χ1) is 15.9. The largest absolute Gasteiger partial charge is 0.444 e. The van der Waals surface area contributed by atoms with E-state index in [1.165, 1.54) is 31.4 Å². The molecule has 0 radical (unpaired) electrons. The number of halogens is 1. The van der Waals surface area contributed by atoms with Crippen molar-refractivity contribution in [3.05, 3.63) is 35.6 Å². The van der Waals surface area contributed by atoms with Gasteiger partial charge in [-0.25, -0.2) is 9.18 Å². The summed E-state index contributed by atoms with van der Waals surface area (Å²) in [7, 11) is 3.07. The van der Waals surface area contributed by atoms with Crippen molar-refractivity contribution in [1.82, 2.24) is 10.2 Å². The quantitative estimate of drug-likeness (QED) is 0.335. The first kappa shape index (κ1) is 27.5. The number of ether oxygens (including phenoxy) is 3. The molecule has 0 aliphatic carbocycles. The maximum atomic E-state index is 13.2. The van der Waals surface area contributed by atoms with Crippen LogP contribution in [0.1, 0.15) is 46.6 Å². The number of carbonyl (C=O) groups is 2. The summed E-state index contributed by atoms with van der Waals surface area (Å²) in [5.41, 5.74) is -0.0126. The van der Waals surface area contributed by atoms with Crippen molar-refractivity contribution in [3.63, 3.8) is 0 Å². The summed E-state index contributed by atoms with van der Waals surface area (Å²) in [5.74, 6) is -1.44. The van der Waals surface area contributed by atoms with Crippen LogP contribution in [0.4, 0.5) is 9.18 Å². The molecule has 5 atom stereocenters. The minimum absolute atomic E-state index is 0.185. The summed E-state index contributed by atoms with van der Waals surface area (Å²) in [6, 6.07) is 4.32. The molecular formula is C24H36FN3O6. The number of carbonyl (C=O) groups excluding carboxylic acids is 2. The minimum atomic E-state index is -0.672. The second-order valence-electron chi connectivity index (χ2n) is 9.50. The van der Waals surface area contributed by atoms with E-state index in [-0.39, 0.29) is 17.7 Å². The van der Waals surface area contributed by atoms with Crippen LogP contribution in [0.25, 0.3) is 0 Å². The van der Waals surface area contributed by atoms with Gasteiger partial charge in [-0.1, -0.05) is 24.2 Å². The summed E-state index contributed by atoms with van der Waals surface area (Å²) < 4.78 is 30.0. The fraction of sp³-hybridized carbons (Fsp3) is 0.625. The highest BCUT2D eigenvalue weighted by Gasteiger charge is 2.45. The van der Waals surface area contributed by atoms with Gasteiger partial charge in [-0.15, -0.1) is 0 Å². The van der Waals surface area contributed by atoms with Crippen LogP contribution in [0.3, 0.4) is 0 Å². The smallest absolute Gasteiger partial charge is 0.410 e. The Balaban J connectivity index is 2.16. The molecular weight excluding hydrogens is 445 g/mol. The highest BCUT2D eigenvalue weighted by atomic mass is 19.1. The van der Waals surface area contributed by atoms with E-state index in [9.17, 15) is 19.2 Å². The standard InChI is InChI=1S/C24H36FN3O6/c1-14(22(29)26-15(2)20(27-31)16-8-10-17(25)11-9-16)21(33-7)19-12-18(32-6)13-28(19)23(30)34-24(3,4)5/h8-11,14-15,18-19,21,31H,12-13H2,1-7H3,(H,26,29)/t14-,15-,18?,19?,21-/m1/s1. The third-order valence-corrected chi connectivity index (χ3v) is 5.84. The van der Waals surface area contributed by atoms with Crippen LogP contribution >= 0.6 is 0 Å². The lowest BCUT2D eigenvalue weighted by Crippen LogP contribution is -2.52. The lowest BCUT2D eigenvalue weighted by Gasteiger charge is -2.34. The van der Waals surface area contributed by atoms with Crippen molar-refractivity contribution >= 4 is 17.7 Å².